The molecule has 1 fully saturated rings. The van der Waals surface area contributed by atoms with Gasteiger partial charge < -0.3 is 25.3 Å². The minimum atomic E-state index is -1.04. The fraction of sp³-hybridized carbons (Fsp3) is 0.517. The lowest BCUT2D eigenvalue weighted by atomic mass is 9.86. The molecule has 0 bridgehead atoms. The lowest BCUT2D eigenvalue weighted by Crippen LogP contribution is -2.60. The Morgan fingerprint density at radius 1 is 1.26 bits per heavy atom. The molecule has 0 spiro atoms. The number of nitrogens with one attached hydrogen (secondary N) is 3. The molecule has 2 aromatic heterocycles. The van der Waals surface area contributed by atoms with E-state index in [0.29, 0.717) is 30.8 Å². The molecule has 0 aliphatic carbocycles. The number of aliphatic hydroxyl groups is 1. The average molecular weight is 712 g/mol. The summed E-state index contributed by atoms with van der Waals surface area (Å²) in [5.74, 6) is -1.49. The van der Waals surface area contributed by atoms with Gasteiger partial charge in [-0.25, -0.2) is 15.2 Å². The molecule has 3 heterocycles. The third-order valence-corrected chi connectivity index (χ3v) is 8.69. The number of H-pyrrole nitrogens is 1. The average Bonchev–Trinajstić information content (AvgIpc) is 3.50. The molecule has 0 saturated carbocycles. The Balaban J connectivity index is 1.58. The number of hydrogen-bond donors (Lipinski definition) is 5. The molecular formula is C29H38IN5O6S. The van der Waals surface area contributed by atoms with Crippen molar-refractivity contribution >= 4 is 62.8 Å². The number of benzene rings is 1. The molecule has 2 atom stereocenters. The van der Waals surface area contributed by atoms with E-state index in [2.05, 4.69) is 44.4 Å². The van der Waals surface area contributed by atoms with E-state index in [1.54, 1.807) is 20.8 Å². The molecule has 1 saturated heterocycles. The van der Waals surface area contributed by atoms with Gasteiger partial charge in [0.25, 0.3) is 5.91 Å². The van der Waals surface area contributed by atoms with Gasteiger partial charge in [0.2, 0.25) is 0 Å². The summed E-state index contributed by atoms with van der Waals surface area (Å²) in [6.07, 6.45) is 1.01. The Hall–Kier alpha value is -2.75. The van der Waals surface area contributed by atoms with Crippen LogP contribution < -0.4 is 10.7 Å². The van der Waals surface area contributed by atoms with Gasteiger partial charge in [0.05, 0.1) is 14.4 Å². The molecule has 13 heteroatoms. The van der Waals surface area contributed by atoms with E-state index >= 15 is 0 Å². The van der Waals surface area contributed by atoms with Gasteiger partial charge in [0.15, 0.2) is 0 Å². The quantitative estimate of drug-likeness (QED) is 0.204. The molecule has 0 radical (unpaired) electrons. The van der Waals surface area contributed by atoms with Gasteiger partial charge in [-0.2, -0.15) is 0 Å². The minimum absolute atomic E-state index is 0.0754. The van der Waals surface area contributed by atoms with Crippen molar-refractivity contribution in [3.8, 4) is 11.3 Å². The maximum atomic E-state index is 13.5. The van der Waals surface area contributed by atoms with E-state index in [0.717, 1.165) is 31.4 Å². The van der Waals surface area contributed by atoms with Gasteiger partial charge in [-0.15, -0.1) is 11.3 Å². The number of aliphatic carboxylic acids is 1. The number of aromatic nitrogens is 2. The lowest BCUT2D eigenvalue weighted by Gasteiger charge is -2.34. The van der Waals surface area contributed by atoms with Crippen LogP contribution in [-0.4, -0.2) is 74.0 Å². The van der Waals surface area contributed by atoms with Crippen LogP contribution in [0.25, 0.3) is 22.2 Å². The summed E-state index contributed by atoms with van der Waals surface area (Å²) in [7, 11) is 0. The fourth-order valence-corrected chi connectivity index (χ4v) is 6.38. The number of aliphatic hydroxyl groups excluding tert-OH is 1. The molecule has 1 unspecified atom stereocenters. The first-order valence-electron chi connectivity index (χ1n) is 13.8. The third-order valence-electron chi connectivity index (χ3n) is 6.90. The summed E-state index contributed by atoms with van der Waals surface area (Å²) in [6, 6.07) is 4.19. The Labute approximate surface area is 262 Å². The first-order valence-corrected chi connectivity index (χ1v) is 15.8. The predicted octanol–water partition coefficient (Wildman–Crippen LogP) is 4.47. The van der Waals surface area contributed by atoms with Crippen molar-refractivity contribution in [3.05, 3.63) is 37.9 Å². The van der Waals surface area contributed by atoms with Crippen LogP contribution in [-0.2, 0) is 27.2 Å². The third kappa shape index (κ3) is 7.99. The summed E-state index contributed by atoms with van der Waals surface area (Å²) < 4.78 is 6.44. The first kappa shape index (κ1) is 32.2. The smallest absolute Gasteiger partial charge is 0.408 e. The molecule has 42 heavy (non-hydrogen) atoms. The molecule has 1 aliphatic rings. The van der Waals surface area contributed by atoms with Crippen LogP contribution in [0.5, 0.6) is 0 Å². The number of hydrazine groups is 1. The van der Waals surface area contributed by atoms with Gasteiger partial charge >= 0.3 is 12.1 Å². The number of thiazole rings is 1. The van der Waals surface area contributed by atoms with E-state index < -0.39 is 35.7 Å². The van der Waals surface area contributed by atoms with E-state index in [-0.39, 0.29) is 18.4 Å². The first-order chi connectivity index (χ1) is 19.7. The second-order valence-corrected chi connectivity index (χ2v) is 14.4. The number of amides is 2. The van der Waals surface area contributed by atoms with E-state index in [4.69, 9.17) is 9.72 Å². The fourth-order valence-electron chi connectivity index (χ4n) is 4.75. The van der Waals surface area contributed by atoms with Gasteiger partial charge in [0, 0.05) is 41.4 Å². The Bertz CT molecular complexity index is 1460. The topological polar surface area (TPSA) is 157 Å². The second-order valence-electron chi connectivity index (χ2n) is 12.4. The molecule has 228 valence electrons. The van der Waals surface area contributed by atoms with Crippen LogP contribution >= 0.6 is 33.9 Å². The van der Waals surface area contributed by atoms with E-state index in [1.807, 2.05) is 31.4 Å². The van der Waals surface area contributed by atoms with Crippen LogP contribution in [0.1, 0.15) is 58.0 Å². The van der Waals surface area contributed by atoms with Gasteiger partial charge in [0.1, 0.15) is 17.7 Å². The highest BCUT2D eigenvalue weighted by Crippen LogP contribution is 2.34. The summed E-state index contributed by atoms with van der Waals surface area (Å²) in [4.78, 5) is 45.9. The zero-order valence-corrected chi connectivity index (χ0v) is 27.4. The number of carbonyl (C=O) groups is 3. The number of rotatable bonds is 9. The number of halogens is 1. The maximum absolute atomic E-state index is 13.5. The van der Waals surface area contributed by atoms with E-state index in [9.17, 15) is 24.6 Å². The van der Waals surface area contributed by atoms with Crippen molar-refractivity contribution in [2.24, 2.45) is 5.41 Å². The van der Waals surface area contributed by atoms with Crippen molar-refractivity contribution in [2.45, 2.75) is 78.0 Å². The normalized spacial score (nSPS) is 16.8. The maximum Gasteiger partial charge on any atom is 0.408 e. The Morgan fingerprint density at radius 3 is 2.67 bits per heavy atom. The Morgan fingerprint density at radius 2 is 2.00 bits per heavy atom. The molecule has 4 rings (SSSR count). The number of ether oxygens (including phenoxy) is 1. The van der Waals surface area contributed by atoms with Crippen LogP contribution in [0.4, 0.5) is 4.79 Å². The molecule has 3 aromatic rings. The SMILES string of the molecule is CC(C)(CO)Cc1c(I)[nH]c2ccc(-c3csc(CC(NC(=O)OC(C)(C)C)C(=O)N4CCC[C@@H](C(=O)O)N4)n3)cc12. The van der Waals surface area contributed by atoms with E-state index in [1.165, 1.54) is 16.3 Å². The number of fused-ring (bicyclic) bond motifs is 1. The van der Waals surface area contributed by atoms with Crippen LogP contribution in [0.2, 0.25) is 0 Å². The van der Waals surface area contributed by atoms with Crippen LogP contribution in [0.15, 0.2) is 23.6 Å². The van der Waals surface area contributed by atoms with Crippen molar-refractivity contribution in [1.82, 2.24) is 25.7 Å². The van der Waals surface area contributed by atoms with Crippen LogP contribution in [0, 0.1) is 9.12 Å². The van der Waals surface area contributed by atoms with Crippen molar-refractivity contribution in [2.75, 3.05) is 13.2 Å². The van der Waals surface area contributed by atoms with Crippen LogP contribution in [0.3, 0.4) is 0 Å². The summed E-state index contributed by atoms with van der Waals surface area (Å²) >= 11 is 3.67. The molecule has 2 amide bonds. The number of aromatic amines is 1. The number of hydrogen-bond acceptors (Lipinski definition) is 8. The van der Waals surface area contributed by atoms with Gasteiger partial charge in [-0.3, -0.25) is 14.6 Å². The van der Waals surface area contributed by atoms with Gasteiger partial charge in [-0.1, -0.05) is 19.9 Å². The number of carboxylic acid groups (broad SMARTS) is 1. The monoisotopic (exact) mass is 711 g/mol. The summed E-state index contributed by atoms with van der Waals surface area (Å²) in [5.41, 5.74) is 5.54. The molecular weight excluding hydrogens is 673 g/mol. The largest absolute Gasteiger partial charge is 0.480 e. The number of nitrogens with zero attached hydrogens (tertiary/aromatic N) is 2. The van der Waals surface area contributed by atoms with Crippen molar-refractivity contribution in [3.63, 3.8) is 0 Å². The van der Waals surface area contributed by atoms with Gasteiger partial charge in [-0.05, 0) is 85.7 Å². The molecule has 1 aliphatic heterocycles. The lowest BCUT2D eigenvalue weighted by molar-refractivity contribution is -0.147. The molecule has 11 nitrogen and oxygen atoms in total. The van der Waals surface area contributed by atoms with Crippen molar-refractivity contribution < 1.29 is 29.3 Å². The standard InChI is InChI=1S/C29H38IN5O6S/c1-28(2,3)41-27(40)33-21(25(37)35-10-6-7-20(34-35)26(38)39)12-23-31-22(14-42-23)16-8-9-19-17(11-16)18(24(30)32-19)13-29(4,5)15-36/h8-9,11,14,20-21,32,34,36H,6-7,10,12-13,15H2,1-5H3,(H,33,40)(H,38,39)/t20-,21?/m0/s1. The highest BCUT2D eigenvalue weighted by molar-refractivity contribution is 14.1. The van der Waals surface area contributed by atoms with Crippen molar-refractivity contribution in [1.29, 1.82) is 0 Å². The summed E-state index contributed by atoms with van der Waals surface area (Å²) in [5, 5.41) is 26.8. The zero-order chi connectivity index (χ0) is 30.8. The predicted molar refractivity (Wildman–Crippen MR) is 169 cm³/mol. The molecule has 1 aromatic carbocycles. The minimum Gasteiger partial charge on any atom is -0.480 e. The number of carbonyl (C=O) groups excluding carboxylic acids is 2. The highest BCUT2D eigenvalue weighted by Gasteiger charge is 2.34. The Kier molecular flexibility index (Phi) is 9.85. The summed E-state index contributed by atoms with van der Waals surface area (Å²) in [6.45, 7) is 9.66. The number of carboxylic acids is 1. The second kappa shape index (κ2) is 12.9. The molecule has 5 N–H and O–H groups in total. The highest BCUT2D eigenvalue weighted by atomic mass is 127. The zero-order valence-electron chi connectivity index (χ0n) is 24.4. The number of alkyl carbamates (subject to hydrolysis) is 1.